The molecule has 0 spiro atoms. The Morgan fingerprint density at radius 3 is 2.86 bits per heavy atom. The SMILES string of the molecule is COc1ccc(OC)c(CCNC(=O)N2CCCC(C)C2)c1. The second-order valence-corrected chi connectivity index (χ2v) is 5.85. The van der Waals surface area contributed by atoms with Gasteiger partial charge in [0.2, 0.25) is 0 Å². The minimum absolute atomic E-state index is 0.0356. The Morgan fingerprint density at radius 1 is 1.36 bits per heavy atom. The lowest BCUT2D eigenvalue weighted by Gasteiger charge is -2.31. The van der Waals surface area contributed by atoms with Crippen LogP contribution in [-0.2, 0) is 6.42 Å². The Kier molecular flexibility index (Phi) is 5.92. The Hall–Kier alpha value is -1.91. The minimum atomic E-state index is 0.0356. The van der Waals surface area contributed by atoms with Gasteiger partial charge in [-0.2, -0.15) is 0 Å². The van der Waals surface area contributed by atoms with Crippen LogP contribution >= 0.6 is 0 Å². The van der Waals surface area contributed by atoms with E-state index in [2.05, 4.69) is 12.2 Å². The number of piperidine rings is 1. The molecule has 22 heavy (non-hydrogen) atoms. The third kappa shape index (κ3) is 4.29. The van der Waals surface area contributed by atoms with Gasteiger partial charge in [-0.15, -0.1) is 0 Å². The van der Waals surface area contributed by atoms with Gasteiger partial charge in [0.05, 0.1) is 14.2 Å². The summed E-state index contributed by atoms with van der Waals surface area (Å²) in [5, 5.41) is 3.00. The largest absolute Gasteiger partial charge is 0.497 e. The van der Waals surface area contributed by atoms with Crippen molar-refractivity contribution in [2.24, 2.45) is 5.92 Å². The first-order valence-electron chi connectivity index (χ1n) is 7.87. The average Bonchev–Trinajstić information content (AvgIpc) is 2.54. The van der Waals surface area contributed by atoms with Gasteiger partial charge in [-0.1, -0.05) is 6.92 Å². The van der Waals surface area contributed by atoms with E-state index in [1.807, 2.05) is 23.1 Å². The van der Waals surface area contributed by atoms with Crippen LogP contribution in [0.1, 0.15) is 25.3 Å². The van der Waals surface area contributed by atoms with Crippen LogP contribution in [0.25, 0.3) is 0 Å². The molecule has 0 bridgehead atoms. The van der Waals surface area contributed by atoms with E-state index in [1.54, 1.807) is 14.2 Å². The molecule has 1 aliphatic rings. The number of benzene rings is 1. The topological polar surface area (TPSA) is 50.8 Å². The number of carbonyl (C=O) groups excluding carboxylic acids is 1. The lowest BCUT2D eigenvalue weighted by Crippen LogP contribution is -2.45. The van der Waals surface area contributed by atoms with Crippen molar-refractivity contribution in [3.63, 3.8) is 0 Å². The summed E-state index contributed by atoms with van der Waals surface area (Å²) in [5.41, 5.74) is 1.04. The number of nitrogens with one attached hydrogen (secondary N) is 1. The van der Waals surface area contributed by atoms with Crippen LogP contribution in [0.3, 0.4) is 0 Å². The molecule has 5 nitrogen and oxygen atoms in total. The molecule has 1 saturated heterocycles. The zero-order valence-corrected chi connectivity index (χ0v) is 13.7. The van der Waals surface area contributed by atoms with Crippen molar-refractivity contribution < 1.29 is 14.3 Å². The van der Waals surface area contributed by atoms with E-state index in [4.69, 9.17) is 9.47 Å². The van der Waals surface area contributed by atoms with Crippen LogP contribution in [0, 0.1) is 5.92 Å². The second kappa shape index (κ2) is 7.92. The van der Waals surface area contributed by atoms with Crippen LogP contribution in [0.15, 0.2) is 18.2 Å². The molecule has 1 aromatic carbocycles. The fraction of sp³-hybridized carbons (Fsp3) is 0.588. The first-order chi connectivity index (χ1) is 10.6. The van der Waals surface area contributed by atoms with Crippen LogP contribution in [0.5, 0.6) is 11.5 Å². The number of hydrogen-bond acceptors (Lipinski definition) is 3. The fourth-order valence-corrected chi connectivity index (χ4v) is 2.87. The van der Waals surface area contributed by atoms with Crippen molar-refractivity contribution in [1.82, 2.24) is 10.2 Å². The Labute approximate surface area is 132 Å². The fourth-order valence-electron chi connectivity index (χ4n) is 2.87. The van der Waals surface area contributed by atoms with Crippen molar-refractivity contribution >= 4 is 6.03 Å². The smallest absolute Gasteiger partial charge is 0.317 e. The number of likely N-dealkylation sites (tertiary alicyclic amines) is 1. The van der Waals surface area contributed by atoms with Gasteiger partial charge >= 0.3 is 6.03 Å². The summed E-state index contributed by atoms with van der Waals surface area (Å²) in [5.74, 6) is 2.21. The highest BCUT2D eigenvalue weighted by molar-refractivity contribution is 5.74. The van der Waals surface area contributed by atoms with Gasteiger partial charge in [-0.05, 0) is 48.9 Å². The molecule has 2 amide bonds. The lowest BCUT2D eigenvalue weighted by atomic mass is 10.0. The normalized spacial score (nSPS) is 18.0. The summed E-state index contributed by atoms with van der Waals surface area (Å²) < 4.78 is 10.6. The molecule has 2 rings (SSSR count). The summed E-state index contributed by atoms with van der Waals surface area (Å²) in [4.78, 5) is 14.1. The molecule has 0 aliphatic carbocycles. The number of hydrogen-bond donors (Lipinski definition) is 1. The van der Waals surface area contributed by atoms with E-state index >= 15 is 0 Å². The molecule has 1 fully saturated rings. The van der Waals surface area contributed by atoms with Crippen LogP contribution in [0.2, 0.25) is 0 Å². The van der Waals surface area contributed by atoms with Gasteiger partial charge in [0.25, 0.3) is 0 Å². The monoisotopic (exact) mass is 306 g/mol. The number of ether oxygens (including phenoxy) is 2. The average molecular weight is 306 g/mol. The number of amides is 2. The zero-order valence-electron chi connectivity index (χ0n) is 13.7. The predicted molar refractivity (Wildman–Crippen MR) is 86.6 cm³/mol. The van der Waals surface area contributed by atoms with Gasteiger partial charge < -0.3 is 19.7 Å². The molecule has 0 aromatic heterocycles. The highest BCUT2D eigenvalue weighted by atomic mass is 16.5. The summed E-state index contributed by atoms with van der Waals surface area (Å²) in [6.45, 7) is 4.50. The van der Waals surface area contributed by atoms with Gasteiger partial charge in [0.1, 0.15) is 11.5 Å². The van der Waals surface area contributed by atoms with E-state index in [0.29, 0.717) is 12.5 Å². The number of methoxy groups -OCH3 is 2. The maximum Gasteiger partial charge on any atom is 0.317 e. The van der Waals surface area contributed by atoms with E-state index in [-0.39, 0.29) is 6.03 Å². The Balaban J connectivity index is 1.86. The van der Waals surface area contributed by atoms with E-state index in [0.717, 1.165) is 43.0 Å². The first kappa shape index (κ1) is 16.5. The molecule has 1 N–H and O–H groups in total. The van der Waals surface area contributed by atoms with E-state index in [1.165, 1.54) is 6.42 Å². The van der Waals surface area contributed by atoms with Crippen LogP contribution in [-0.4, -0.2) is 44.8 Å². The van der Waals surface area contributed by atoms with Gasteiger partial charge in [0.15, 0.2) is 0 Å². The Bertz CT molecular complexity index is 505. The van der Waals surface area contributed by atoms with Crippen molar-refractivity contribution in [3.8, 4) is 11.5 Å². The molecule has 1 heterocycles. The quantitative estimate of drug-likeness (QED) is 0.910. The molecule has 1 aromatic rings. The summed E-state index contributed by atoms with van der Waals surface area (Å²) in [6.07, 6.45) is 3.03. The summed E-state index contributed by atoms with van der Waals surface area (Å²) in [6, 6.07) is 5.75. The van der Waals surface area contributed by atoms with Crippen molar-refractivity contribution in [2.45, 2.75) is 26.2 Å². The zero-order chi connectivity index (χ0) is 15.9. The van der Waals surface area contributed by atoms with Crippen molar-refractivity contribution in [3.05, 3.63) is 23.8 Å². The van der Waals surface area contributed by atoms with Crippen LogP contribution in [0.4, 0.5) is 4.79 Å². The molecule has 1 atom stereocenters. The number of urea groups is 1. The molecule has 0 radical (unpaired) electrons. The third-order valence-electron chi connectivity index (χ3n) is 4.10. The van der Waals surface area contributed by atoms with Crippen molar-refractivity contribution in [1.29, 1.82) is 0 Å². The van der Waals surface area contributed by atoms with Gasteiger partial charge in [-0.3, -0.25) is 0 Å². The minimum Gasteiger partial charge on any atom is -0.497 e. The van der Waals surface area contributed by atoms with Crippen molar-refractivity contribution in [2.75, 3.05) is 33.9 Å². The standard InChI is InChI=1S/C17H26N2O3/c1-13-5-4-10-19(12-13)17(20)18-9-8-14-11-15(21-2)6-7-16(14)22-3/h6-7,11,13H,4-5,8-10,12H2,1-3H3,(H,18,20). The number of nitrogens with zero attached hydrogens (tertiary/aromatic N) is 1. The van der Waals surface area contributed by atoms with E-state index in [9.17, 15) is 4.79 Å². The highest BCUT2D eigenvalue weighted by Crippen LogP contribution is 2.24. The maximum atomic E-state index is 12.2. The second-order valence-electron chi connectivity index (χ2n) is 5.85. The number of carbonyl (C=O) groups is 1. The highest BCUT2D eigenvalue weighted by Gasteiger charge is 2.20. The predicted octanol–water partition coefficient (Wildman–Crippen LogP) is 2.69. The summed E-state index contributed by atoms with van der Waals surface area (Å²) >= 11 is 0. The Morgan fingerprint density at radius 2 is 2.18 bits per heavy atom. The van der Waals surface area contributed by atoms with Gasteiger partial charge in [-0.25, -0.2) is 4.79 Å². The number of rotatable bonds is 5. The molecular formula is C17H26N2O3. The maximum absolute atomic E-state index is 12.2. The summed E-state index contributed by atoms with van der Waals surface area (Å²) in [7, 11) is 3.30. The third-order valence-corrected chi connectivity index (χ3v) is 4.10. The first-order valence-corrected chi connectivity index (χ1v) is 7.87. The molecule has 122 valence electrons. The van der Waals surface area contributed by atoms with Gasteiger partial charge in [0, 0.05) is 19.6 Å². The molecule has 5 heteroatoms. The van der Waals surface area contributed by atoms with E-state index < -0.39 is 0 Å². The molecule has 0 saturated carbocycles. The lowest BCUT2D eigenvalue weighted by molar-refractivity contribution is 0.170. The molecule has 1 aliphatic heterocycles. The molecule has 1 unspecified atom stereocenters. The van der Waals surface area contributed by atoms with Crippen LogP contribution < -0.4 is 14.8 Å². The molecular weight excluding hydrogens is 280 g/mol.